The molecule has 1 aromatic heterocycles. The number of aromatic nitrogens is 3. The molecule has 1 heterocycles. The average Bonchev–Trinajstić information content (AvgIpc) is 2.73. The van der Waals surface area contributed by atoms with Gasteiger partial charge in [0.1, 0.15) is 12.4 Å². The van der Waals surface area contributed by atoms with E-state index in [1.807, 2.05) is 23.2 Å². The van der Waals surface area contributed by atoms with Crippen molar-refractivity contribution in [2.75, 3.05) is 11.9 Å². The first-order valence-corrected chi connectivity index (χ1v) is 9.10. The van der Waals surface area contributed by atoms with Gasteiger partial charge in [0.05, 0.1) is 12.8 Å². The number of aromatic amines is 2. The number of hydrogen-bond acceptors (Lipinski definition) is 7. The van der Waals surface area contributed by atoms with E-state index in [-0.39, 0.29) is 12.4 Å². The fourth-order valence-corrected chi connectivity index (χ4v) is 2.47. The third kappa shape index (κ3) is 6.04. The summed E-state index contributed by atoms with van der Waals surface area (Å²) in [6, 6.07) is 14.5. The van der Waals surface area contributed by atoms with Crippen LogP contribution >= 0.6 is 11.6 Å². The molecule has 154 valence electrons. The van der Waals surface area contributed by atoms with Crippen molar-refractivity contribution in [3.8, 4) is 5.75 Å². The maximum absolute atomic E-state index is 11.8. The molecule has 4 N–H and O–H groups in total. The van der Waals surface area contributed by atoms with Crippen LogP contribution in [0, 0.1) is 0 Å². The van der Waals surface area contributed by atoms with Crippen LogP contribution in [0.1, 0.15) is 11.1 Å². The third-order valence-electron chi connectivity index (χ3n) is 3.76. The summed E-state index contributed by atoms with van der Waals surface area (Å²) in [6.07, 6.45) is 1.46. The summed E-state index contributed by atoms with van der Waals surface area (Å²) in [5.41, 5.74) is 2.48. The van der Waals surface area contributed by atoms with Gasteiger partial charge in [-0.05, 0) is 35.9 Å². The maximum Gasteiger partial charge on any atom is 0.342 e. The molecule has 0 aliphatic carbocycles. The molecule has 3 aromatic rings. The topological polar surface area (TPSA) is 141 Å². The Morgan fingerprint density at radius 1 is 1.17 bits per heavy atom. The lowest BCUT2D eigenvalue weighted by molar-refractivity contribution is -0.119. The molecule has 0 unspecified atom stereocenters. The van der Waals surface area contributed by atoms with Crippen LogP contribution in [-0.2, 0) is 11.4 Å². The number of nitrogens with zero attached hydrogens (tertiary/aromatic N) is 2. The first kappa shape index (κ1) is 20.8. The van der Waals surface area contributed by atoms with Gasteiger partial charge in [0, 0.05) is 10.6 Å². The van der Waals surface area contributed by atoms with E-state index in [0.717, 1.165) is 11.1 Å². The second-order valence-electron chi connectivity index (χ2n) is 5.95. The highest BCUT2D eigenvalue weighted by molar-refractivity contribution is 6.31. The zero-order valence-electron chi connectivity index (χ0n) is 15.5. The van der Waals surface area contributed by atoms with Crippen molar-refractivity contribution in [3.63, 3.8) is 0 Å². The first-order chi connectivity index (χ1) is 14.5. The number of hydrazone groups is 1. The fraction of sp³-hybridized carbons (Fsp3) is 0.105. The summed E-state index contributed by atoms with van der Waals surface area (Å²) in [5, 5.41) is 12.5. The van der Waals surface area contributed by atoms with E-state index in [0.29, 0.717) is 17.4 Å². The predicted molar refractivity (Wildman–Crippen MR) is 112 cm³/mol. The molecule has 0 spiro atoms. The molecule has 1 amide bonds. The molecule has 0 saturated carbocycles. The van der Waals surface area contributed by atoms with E-state index in [1.54, 1.807) is 30.3 Å². The maximum atomic E-state index is 11.8. The van der Waals surface area contributed by atoms with Crippen molar-refractivity contribution in [1.29, 1.82) is 0 Å². The molecular weight excluding hydrogens is 412 g/mol. The van der Waals surface area contributed by atoms with E-state index >= 15 is 0 Å². The van der Waals surface area contributed by atoms with Gasteiger partial charge in [0.2, 0.25) is 5.82 Å². The minimum Gasteiger partial charge on any atom is -0.489 e. The molecular formula is C19H17ClN6O4. The van der Waals surface area contributed by atoms with Crippen molar-refractivity contribution in [2.24, 2.45) is 5.10 Å². The molecule has 3 rings (SSSR count). The van der Waals surface area contributed by atoms with Crippen molar-refractivity contribution >= 4 is 29.5 Å². The number of amides is 1. The Hall–Kier alpha value is -3.92. The zero-order chi connectivity index (χ0) is 21.3. The number of anilines is 1. The van der Waals surface area contributed by atoms with Gasteiger partial charge in [-0.15, -0.1) is 5.10 Å². The van der Waals surface area contributed by atoms with E-state index in [9.17, 15) is 14.4 Å². The van der Waals surface area contributed by atoms with Gasteiger partial charge in [0.15, 0.2) is 0 Å². The molecule has 0 saturated heterocycles. The minimum absolute atomic E-state index is 0.180. The fourth-order valence-electron chi connectivity index (χ4n) is 2.28. The molecule has 0 atom stereocenters. The predicted octanol–water partition coefficient (Wildman–Crippen LogP) is 1.25. The van der Waals surface area contributed by atoms with Crippen LogP contribution in [0.15, 0.2) is 63.2 Å². The van der Waals surface area contributed by atoms with Gasteiger partial charge in [0.25, 0.3) is 11.5 Å². The quantitative estimate of drug-likeness (QED) is 0.314. The largest absolute Gasteiger partial charge is 0.489 e. The Morgan fingerprint density at radius 3 is 2.67 bits per heavy atom. The van der Waals surface area contributed by atoms with Crippen LogP contribution in [0.25, 0.3) is 0 Å². The number of carbonyl (C=O) groups excluding carboxylic acids is 1. The molecule has 0 aliphatic rings. The standard InChI is InChI=1S/C19H17ClN6O4/c20-15-4-2-1-3-13(15)11-30-14-7-5-12(6-8-14)9-22-24-16(27)10-21-17-18(28)23-19(29)26-25-17/h1-9H,10-11H2,(H,21,25)(H,24,27)(H2,23,26,28,29)/b22-9+. The van der Waals surface area contributed by atoms with Gasteiger partial charge in [-0.3, -0.25) is 14.6 Å². The number of carbonyl (C=O) groups is 1. The lowest BCUT2D eigenvalue weighted by Gasteiger charge is -2.07. The second kappa shape index (κ2) is 10.0. The van der Waals surface area contributed by atoms with Crippen molar-refractivity contribution < 1.29 is 9.53 Å². The molecule has 11 heteroatoms. The molecule has 2 aromatic carbocycles. The molecule has 0 fully saturated rings. The minimum atomic E-state index is -0.736. The van der Waals surface area contributed by atoms with Crippen molar-refractivity contribution in [3.05, 3.63) is 85.5 Å². The molecule has 0 radical (unpaired) electrons. The lowest BCUT2D eigenvalue weighted by atomic mass is 10.2. The monoisotopic (exact) mass is 428 g/mol. The van der Waals surface area contributed by atoms with Crippen molar-refractivity contribution in [1.82, 2.24) is 20.6 Å². The zero-order valence-corrected chi connectivity index (χ0v) is 16.3. The molecule has 10 nitrogen and oxygen atoms in total. The van der Waals surface area contributed by atoms with Crippen molar-refractivity contribution in [2.45, 2.75) is 6.61 Å². The number of hydrogen-bond donors (Lipinski definition) is 4. The lowest BCUT2D eigenvalue weighted by Crippen LogP contribution is -2.31. The summed E-state index contributed by atoms with van der Waals surface area (Å²) in [4.78, 5) is 36.1. The van der Waals surface area contributed by atoms with Crippen LogP contribution in [0.5, 0.6) is 5.75 Å². The summed E-state index contributed by atoms with van der Waals surface area (Å²) >= 11 is 6.10. The summed E-state index contributed by atoms with van der Waals surface area (Å²) in [7, 11) is 0. The van der Waals surface area contributed by atoms with Gasteiger partial charge in [-0.2, -0.15) is 5.10 Å². The SMILES string of the molecule is O=C(CNc1n[nH]c(=O)[nH]c1=O)N/N=C/c1ccc(OCc2ccccc2Cl)cc1. The third-order valence-corrected chi connectivity index (χ3v) is 4.13. The van der Waals surface area contributed by atoms with E-state index < -0.39 is 17.2 Å². The second-order valence-corrected chi connectivity index (χ2v) is 6.36. The summed E-state index contributed by atoms with van der Waals surface area (Å²) in [5.74, 6) is -0.0154. The molecule has 0 bridgehead atoms. The van der Waals surface area contributed by atoms with Crippen LogP contribution in [0.2, 0.25) is 5.02 Å². The number of nitrogens with one attached hydrogen (secondary N) is 4. The highest BCUT2D eigenvalue weighted by Gasteiger charge is 2.05. The molecule has 30 heavy (non-hydrogen) atoms. The number of rotatable bonds is 8. The van der Waals surface area contributed by atoms with E-state index in [1.165, 1.54) is 6.21 Å². The van der Waals surface area contributed by atoms with Crippen LogP contribution in [-0.4, -0.2) is 33.8 Å². The average molecular weight is 429 g/mol. The number of halogens is 1. The summed E-state index contributed by atoms with van der Waals surface area (Å²) < 4.78 is 5.70. The Kier molecular flexibility index (Phi) is 6.95. The van der Waals surface area contributed by atoms with Gasteiger partial charge in [-0.25, -0.2) is 15.3 Å². The Bertz CT molecular complexity index is 1160. The van der Waals surface area contributed by atoms with Gasteiger partial charge >= 0.3 is 5.69 Å². The number of ether oxygens (including phenoxy) is 1. The van der Waals surface area contributed by atoms with E-state index in [4.69, 9.17) is 16.3 Å². The highest BCUT2D eigenvalue weighted by Crippen LogP contribution is 2.18. The Labute approximate surface area is 174 Å². The van der Waals surface area contributed by atoms with Crippen LogP contribution < -0.4 is 26.7 Å². The highest BCUT2D eigenvalue weighted by atomic mass is 35.5. The first-order valence-electron chi connectivity index (χ1n) is 8.72. The summed E-state index contributed by atoms with van der Waals surface area (Å²) in [6.45, 7) is 0.0947. The van der Waals surface area contributed by atoms with Gasteiger partial charge < -0.3 is 10.1 Å². The van der Waals surface area contributed by atoms with Crippen LogP contribution in [0.3, 0.4) is 0 Å². The molecule has 0 aliphatic heterocycles. The van der Waals surface area contributed by atoms with Crippen LogP contribution in [0.4, 0.5) is 5.82 Å². The number of H-pyrrole nitrogens is 2. The number of benzene rings is 2. The smallest absolute Gasteiger partial charge is 0.342 e. The Balaban J connectivity index is 1.45. The normalized spacial score (nSPS) is 10.7. The van der Waals surface area contributed by atoms with Gasteiger partial charge in [-0.1, -0.05) is 29.8 Å². The Morgan fingerprint density at radius 2 is 1.93 bits per heavy atom. The van der Waals surface area contributed by atoms with E-state index in [2.05, 4.69) is 26.0 Å².